The van der Waals surface area contributed by atoms with Crippen LogP contribution in [0.15, 0.2) is 78.9 Å². The normalized spacial score (nSPS) is 10.1. The molecule has 0 bridgehead atoms. The van der Waals surface area contributed by atoms with Gasteiger partial charge in [-0.2, -0.15) is 0 Å². The molecular formula is C27H27N3O6. The Morgan fingerprint density at radius 3 is 2.06 bits per heavy atom. The van der Waals surface area contributed by atoms with Crippen molar-refractivity contribution in [3.8, 4) is 5.75 Å². The fourth-order valence-corrected chi connectivity index (χ4v) is 3.12. The standard InChI is InChI=1S/C27H27N3O6/c1-2-35-23-14-12-22(13-15-23)30-27(34)20-8-10-21(11-9-20)29-25(32)18-36-26(33)17-28-24(31)16-19-6-4-3-5-7-19/h3-15H,2,16-18H2,1H3,(H,28,31)(H,29,32)(H,30,34). The van der Waals surface area contributed by atoms with Gasteiger partial charge >= 0.3 is 5.97 Å². The fourth-order valence-electron chi connectivity index (χ4n) is 3.12. The van der Waals surface area contributed by atoms with E-state index in [1.807, 2.05) is 37.3 Å². The predicted octanol–water partition coefficient (Wildman–Crippen LogP) is 3.18. The van der Waals surface area contributed by atoms with Crippen molar-refractivity contribution in [2.24, 2.45) is 0 Å². The number of hydrogen-bond donors (Lipinski definition) is 3. The number of carbonyl (C=O) groups excluding carboxylic acids is 4. The van der Waals surface area contributed by atoms with E-state index in [-0.39, 0.29) is 24.8 Å². The molecule has 3 aromatic carbocycles. The van der Waals surface area contributed by atoms with Crippen molar-refractivity contribution in [2.45, 2.75) is 13.3 Å². The molecule has 0 radical (unpaired) electrons. The summed E-state index contributed by atoms with van der Waals surface area (Å²) in [6.07, 6.45) is 0.142. The van der Waals surface area contributed by atoms with E-state index in [4.69, 9.17) is 9.47 Å². The number of anilines is 2. The van der Waals surface area contributed by atoms with Crippen LogP contribution in [-0.2, 0) is 25.5 Å². The van der Waals surface area contributed by atoms with E-state index in [0.29, 0.717) is 29.3 Å². The van der Waals surface area contributed by atoms with Gasteiger partial charge in [0.25, 0.3) is 11.8 Å². The van der Waals surface area contributed by atoms with Crippen LogP contribution in [0.5, 0.6) is 5.75 Å². The summed E-state index contributed by atoms with van der Waals surface area (Å²) in [5.74, 6) is -1.19. The highest BCUT2D eigenvalue weighted by atomic mass is 16.5. The zero-order valence-corrected chi connectivity index (χ0v) is 19.8. The number of rotatable bonds is 11. The van der Waals surface area contributed by atoms with Crippen LogP contribution >= 0.6 is 0 Å². The Hall–Kier alpha value is -4.66. The molecule has 0 aliphatic rings. The first kappa shape index (κ1) is 26.0. The van der Waals surface area contributed by atoms with E-state index in [2.05, 4.69) is 16.0 Å². The minimum absolute atomic E-state index is 0.142. The van der Waals surface area contributed by atoms with Crippen LogP contribution in [-0.4, -0.2) is 43.4 Å². The lowest BCUT2D eigenvalue weighted by molar-refractivity contribution is -0.147. The molecule has 0 aromatic heterocycles. The minimum atomic E-state index is -0.729. The van der Waals surface area contributed by atoms with Crippen molar-refractivity contribution in [3.63, 3.8) is 0 Å². The molecule has 9 nitrogen and oxygen atoms in total. The second-order valence-corrected chi connectivity index (χ2v) is 7.64. The lowest BCUT2D eigenvalue weighted by Crippen LogP contribution is -2.33. The van der Waals surface area contributed by atoms with E-state index in [9.17, 15) is 19.2 Å². The second kappa shape index (κ2) is 13.3. The van der Waals surface area contributed by atoms with E-state index in [1.165, 1.54) is 0 Å². The summed E-state index contributed by atoms with van der Waals surface area (Å²) in [4.78, 5) is 48.2. The van der Waals surface area contributed by atoms with E-state index in [1.54, 1.807) is 48.5 Å². The molecule has 9 heteroatoms. The van der Waals surface area contributed by atoms with Gasteiger partial charge in [0, 0.05) is 16.9 Å². The Kier molecular flexibility index (Phi) is 9.58. The summed E-state index contributed by atoms with van der Waals surface area (Å²) in [6.45, 7) is 1.61. The minimum Gasteiger partial charge on any atom is -0.494 e. The molecule has 0 unspecified atom stereocenters. The van der Waals surface area contributed by atoms with Gasteiger partial charge in [0.2, 0.25) is 5.91 Å². The molecule has 0 saturated heterocycles. The maximum atomic E-state index is 12.4. The van der Waals surface area contributed by atoms with E-state index >= 15 is 0 Å². The van der Waals surface area contributed by atoms with Crippen molar-refractivity contribution in [1.29, 1.82) is 0 Å². The highest BCUT2D eigenvalue weighted by Gasteiger charge is 2.11. The maximum absolute atomic E-state index is 12.4. The Morgan fingerprint density at radius 2 is 1.39 bits per heavy atom. The van der Waals surface area contributed by atoms with Crippen molar-refractivity contribution in [3.05, 3.63) is 90.0 Å². The average molecular weight is 490 g/mol. The molecule has 186 valence electrons. The highest BCUT2D eigenvalue weighted by Crippen LogP contribution is 2.17. The summed E-state index contributed by atoms with van der Waals surface area (Å²) in [5, 5.41) is 7.82. The molecule has 0 heterocycles. The summed E-state index contributed by atoms with van der Waals surface area (Å²) >= 11 is 0. The smallest absolute Gasteiger partial charge is 0.325 e. The zero-order valence-electron chi connectivity index (χ0n) is 19.8. The van der Waals surface area contributed by atoms with Crippen LogP contribution in [0.2, 0.25) is 0 Å². The second-order valence-electron chi connectivity index (χ2n) is 7.64. The van der Waals surface area contributed by atoms with Crippen molar-refractivity contribution < 1.29 is 28.7 Å². The van der Waals surface area contributed by atoms with Crippen LogP contribution in [0.25, 0.3) is 0 Å². The predicted molar refractivity (Wildman–Crippen MR) is 135 cm³/mol. The van der Waals surface area contributed by atoms with Crippen LogP contribution in [0.4, 0.5) is 11.4 Å². The number of carbonyl (C=O) groups is 4. The molecule has 3 rings (SSSR count). The van der Waals surface area contributed by atoms with Crippen molar-refractivity contribution in [2.75, 3.05) is 30.4 Å². The third-order valence-corrected chi connectivity index (χ3v) is 4.86. The van der Waals surface area contributed by atoms with E-state index < -0.39 is 18.5 Å². The highest BCUT2D eigenvalue weighted by molar-refractivity contribution is 6.04. The van der Waals surface area contributed by atoms with Gasteiger partial charge in [0.15, 0.2) is 6.61 Å². The van der Waals surface area contributed by atoms with Gasteiger partial charge in [-0.3, -0.25) is 19.2 Å². The maximum Gasteiger partial charge on any atom is 0.325 e. The Bertz CT molecular complexity index is 1180. The van der Waals surface area contributed by atoms with Gasteiger partial charge < -0.3 is 25.4 Å². The Labute approximate surface area is 208 Å². The summed E-state index contributed by atoms with van der Waals surface area (Å²) in [7, 11) is 0. The molecule has 0 spiro atoms. The molecule has 3 amide bonds. The first-order valence-corrected chi connectivity index (χ1v) is 11.3. The van der Waals surface area contributed by atoms with Crippen molar-refractivity contribution >= 4 is 35.1 Å². The third-order valence-electron chi connectivity index (χ3n) is 4.86. The van der Waals surface area contributed by atoms with Gasteiger partial charge in [-0.05, 0) is 61.0 Å². The summed E-state index contributed by atoms with van der Waals surface area (Å²) in [5.41, 5.74) is 2.28. The number of ether oxygens (including phenoxy) is 2. The quantitative estimate of drug-likeness (QED) is 0.356. The SMILES string of the molecule is CCOc1ccc(NC(=O)c2ccc(NC(=O)COC(=O)CNC(=O)Cc3ccccc3)cc2)cc1. The number of esters is 1. The lowest BCUT2D eigenvalue weighted by Gasteiger charge is -2.09. The molecule has 3 aromatic rings. The van der Waals surface area contributed by atoms with Crippen LogP contribution < -0.4 is 20.7 Å². The number of benzene rings is 3. The van der Waals surface area contributed by atoms with Gasteiger partial charge in [0.1, 0.15) is 12.3 Å². The van der Waals surface area contributed by atoms with Crippen molar-refractivity contribution in [1.82, 2.24) is 5.32 Å². The van der Waals surface area contributed by atoms with Gasteiger partial charge in [-0.1, -0.05) is 30.3 Å². The van der Waals surface area contributed by atoms with Gasteiger partial charge in [-0.15, -0.1) is 0 Å². The Balaban J connectivity index is 1.38. The van der Waals surface area contributed by atoms with E-state index in [0.717, 1.165) is 5.56 Å². The first-order valence-electron chi connectivity index (χ1n) is 11.3. The molecule has 3 N–H and O–H groups in total. The zero-order chi connectivity index (χ0) is 25.8. The lowest BCUT2D eigenvalue weighted by atomic mass is 10.1. The van der Waals surface area contributed by atoms with Gasteiger partial charge in [-0.25, -0.2) is 0 Å². The van der Waals surface area contributed by atoms with Crippen LogP contribution in [0, 0.1) is 0 Å². The topological polar surface area (TPSA) is 123 Å². The average Bonchev–Trinajstić information content (AvgIpc) is 2.88. The van der Waals surface area contributed by atoms with Crippen LogP contribution in [0.1, 0.15) is 22.8 Å². The summed E-state index contributed by atoms with van der Waals surface area (Å²) < 4.78 is 10.3. The fraction of sp³-hybridized carbons (Fsp3) is 0.185. The molecular weight excluding hydrogens is 462 g/mol. The molecule has 36 heavy (non-hydrogen) atoms. The Morgan fingerprint density at radius 1 is 0.750 bits per heavy atom. The number of nitrogens with one attached hydrogen (secondary N) is 3. The first-order chi connectivity index (χ1) is 17.4. The largest absolute Gasteiger partial charge is 0.494 e. The number of hydrogen-bond acceptors (Lipinski definition) is 6. The molecule has 0 aliphatic heterocycles. The monoisotopic (exact) mass is 489 g/mol. The van der Waals surface area contributed by atoms with Crippen LogP contribution in [0.3, 0.4) is 0 Å². The number of amides is 3. The summed E-state index contributed by atoms with van der Waals surface area (Å²) in [6, 6.07) is 22.4. The third kappa shape index (κ3) is 8.60. The molecule has 0 aliphatic carbocycles. The molecule has 0 saturated carbocycles. The molecule has 0 atom stereocenters. The molecule has 0 fully saturated rings. The van der Waals surface area contributed by atoms with Gasteiger partial charge in [0.05, 0.1) is 13.0 Å².